The SMILES string of the molecule is CN.CNC(=O)c1ccc(-c2ccccc2[18F])o1.Cc1ccc(C)o1.Cc1ccccc1N(C)C. The van der Waals surface area contributed by atoms with Crippen LogP contribution in [0.2, 0.25) is 0 Å². The highest BCUT2D eigenvalue weighted by atomic mass is 18.2. The van der Waals surface area contributed by atoms with Crippen LogP contribution < -0.4 is 16.0 Å². The number of nitrogens with two attached hydrogens (primary N) is 1. The van der Waals surface area contributed by atoms with E-state index >= 15 is 0 Å². The summed E-state index contributed by atoms with van der Waals surface area (Å²) in [5.74, 6) is 1.77. The molecule has 2 heterocycles. The highest BCUT2D eigenvalue weighted by Crippen LogP contribution is 2.24. The van der Waals surface area contributed by atoms with Crippen molar-refractivity contribution in [1.82, 2.24) is 5.32 Å². The molecule has 0 atom stereocenters. The van der Waals surface area contributed by atoms with Crippen LogP contribution in [0.4, 0.5) is 10.1 Å². The molecule has 2 aromatic heterocycles. The number of benzene rings is 2. The van der Waals surface area contributed by atoms with Crippen LogP contribution >= 0.6 is 0 Å². The number of furan rings is 2. The molecule has 3 N–H and O–H groups in total. The third-order valence-corrected chi connectivity index (χ3v) is 4.67. The van der Waals surface area contributed by atoms with Crippen LogP contribution in [0.3, 0.4) is 0 Å². The van der Waals surface area contributed by atoms with Crippen molar-refractivity contribution in [3.8, 4) is 11.3 Å². The molecule has 0 fully saturated rings. The van der Waals surface area contributed by atoms with Crippen LogP contribution in [0.15, 0.2) is 81.6 Å². The number of carbonyl (C=O) groups excluding carboxylic acids is 1. The minimum absolute atomic E-state index is 0.167. The molecule has 6 nitrogen and oxygen atoms in total. The van der Waals surface area contributed by atoms with Crippen LogP contribution in [0.1, 0.15) is 27.6 Å². The molecule has 0 saturated heterocycles. The van der Waals surface area contributed by atoms with Gasteiger partial charge < -0.3 is 24.8 Å². The molecule has 4 rings (SSSR count). The molecule has 0 radical (unpaired) electrons. The van der Waals surface area contributed by atoms with Crippen LogP contribution in [0.5, 0.6) is 0 Å². The van der Waals surface area contributed by atoms with Gasteiger partial charge in [0.15, 0.2) is 5.76 Å². The van der Waals surface area contributed by atoms with Gasteiger partial charge in [-0.15, -0.1) is 0 Å². The minimum Gasteiger partial charge on any atom is -0.467 e. The van der Waals surface area contributed by atoms with E-state index in [4.69, 9.17) is 8.83 Å². The predicted molar refractivity (Wildman–Crippen MR) is 141 cm³/mol. The van der Waals surface area contributed by atoms with Gasteiger partial charge >= 0.3 is 0 Å². The zero-order chi connectivity index (χ0) is 26.4. The van der Waals surface area contributed by atoms with E-state index in [0.717, 1.165) is 11.5 Å². The highest BCUT2D eigenvalue weighted by Gasteiger charge is 2.12. The number of anilines is 1. The van der Waals surface area contributed by atoms with Crippen LogP contribution in [-0.4, -0.2) is 34.1 Å². The standard InChI is InChI=1S/C12H10FNO2.C9H13N.C6H8O.CH5N/c1-14-12(15)11-7-6-10(16-11)8-4-2-3-5-9(8)13;1-8-6-4-5-7-9(8)10(2)3;1-5-3-4-6(2)7-5;1-2/h2-7H,1H3,(H,14,15);4-7H,1-3H3;3-4H,1-2H3;2H2,1H3/i13-1;;;. The van der Waals surface area contributed by atoms with E-state index < -0.39 is 0 Å². The maximum absolute atomic E-state index is 13.4. The molecule has 2 aromatic carbocycles. The second-order valence-electron chi connectivity index (χ2n) is 7.56. The first-order valence-corrected chi connectivity index (χ1v) is 11.1. The molecule has 0 spiro atoms. The van der Waals surface area contributed by atoms with Gasteiger partial charge in [-0.1, -0.05) is 30.3 Å². The largest absolute Gasteiger partial charge is 0.467 e. The number of rotatable bonds is 3. The lowest BCUT2D eigenvalue weighted by Gasteiger charge is -2.14. The van der Waals surface area contributed by atoms with E-state index in [-0.39, 0.29) is 17.5 Å². The second kappa shape index (κ2) is 15.1. The van der Waals surface area contributed by atoms with Gasteiger partial charge in [-0.2, -0.15) is 0 Å². The van der Waals surface area contributed by atoms with Crippen molar-refractivity contribution < 1.29 is 18.0 Å². The fraction of sp³-hybridized carbons (Fsp3) is 0.250. The molecule has 0 aliphatic heterocycles. The van der Waals surface area contributed by atoms with Gasteiger partial charge in [0.25, 0.3) is 5.91 Å². The van der Waals surface area contributed by atoms with Crippen LogP contribution in [0, 0.1) is 26.6 Å². The van der Waals surface area contributed by atoms with Crippen molar-refractivity contribution in [3.63, 3.8) is 0 Å². The highest BCUT2D eigenvalue weighted by molar-refractivity contribution is 5.91. The Morgan fingerprint density at radius 3 is 1.86 bits per heavy atom. The number of nitrogens with one attached hydrogen (secondary N) is 1. The summed E-state index contributed by atoms with van der Waals surface area (Å²) in [6.07, 6.45) is 0. The number of halogens is 1. The Balaban J connectivity index is 0.000000276. The Morgan fingerprint density at radius 1 is 0.829 bits per heavy atom. The first-order valence-electron chi connectivity index (χ1n) is 11.1. The Labute approximate surface area is 207 Å². The van der Waals surface area contributed by atoms with E-state index in [2.05, 4.69) is 61.2 Å². The minimum atomic E-state index is -0.375. The topological polar surface area (TPSA) is 84.6 Å². The number of amides is 1. The third kappa shape index (κ3) is 9.51. The first-order chi connectivity index (χ1) is 16.7. The number of nitrogens with zero attached hydrogens (tertiary/aromatic N) is 1. The molecule has 35 heavy (non-hydrogen) atoms. The Bertz CT molecular complexity index is 1150. The average Bonchev–Trinajstić information content (AvgIpc) is 3.50. The Hall–Kier alpha value is -3.84. The summed E-state index contributed by atoms with van der Waals surface area (Å²) in [4.78, 5) is 13.4. The van der Waals surface area contributed by atoms with E-state index in [9.17, 15) is 9.18 Å². The normalized spacial score (nSPS) is 9.40. The molecule has 0 bridgehead atoms. The quantitative estimate of drug-likeness (QED) is 0.377. The van der Waals surface area contributed by atoms with Gasteiger partial charge in [0.1, 0.15) is 23.1 Å². The summed E-state index contributed by atoms with van der Waals surface area (Å²) in [7, 11) is 7.12. The molecule has 188 valence electrons. The van der Waals surface area contributed by atoms with E-state index in [1.165, 1.54) is 37.5 Å². The van der Waals surface area contributed by atoms with Crippen molar-refractivity contribution in [2.75, 3.05) is 33.1 Å². The van der Waals surface area contributed by atoms with Gasteiger partial charge in [-0.05, 0) is 75.8 Å². The monoisotopic (exact) mass is 480 g/mol. The zero-order valence-corrected chi connectivity index (χ0v) is 21.6. The van der Waals surface area contributed by atoms with Crippen LogP contribution in [0.25, 0.3) is 11.3 Å². The number of aryl methyl sites for hydroxylation is 3. The smallest absolute Gasteiger partial charge is 0.286 e. The predicted octanol–water partition coefficient (Wildman–Crippen LogP) is 5.98. The fourth-order valence-electron chi connectivity index (χ4n) is 3.01. The molecular weight excluding hydrogens is 444 g/mol. The van der Waals surface area contributed by atoms with Crippen molar-refractivity contribution in [1.29, 1.82) is 0 Å². The second-order valence-corrected chi connectivity index (χ2v) is 7.56. The van der Waals surface area contributed by atoms with E-state index in [0.29, 0.717) is 11.3 Å². The average molecular weight is 481 g/mol. The summed E-state index contributed by atoms with van der Waals surface area (Å²) in [5, 5.41) is 2.43. The third-order valence-electron chi connectivity index (χ3n) is 4.67. The molecule has 0 aliphatic carbocycles. The summed E-state index contributed by atoms with van der Waals surface area (Å²) in [6, 6.07) is 21.6. The van der Waals surface area contributed by atoms with E-state index in [1.807, 2.05) is 26.0 Å². The van der Waals surface area contributed by atoms with Gasteiger partial charge in [-0.3, -0.25) is 4.79 Å². The fourth-order valence-corrected chi connectivity index (χ4v) is 3.01. The lowest BCUT2D eigenvalue weighted by molar-refractivity contribution is 0.0936. The summed E-state index contributed by atoms with van der Waals surface area (Å²) in [6.45, 7) is 6.00. The Morgan fingerprint density at radius 2 is 1.40 bits per heavy atom. The summed E-state index contributed by atoms with van der Waals surface area (Å²) in [5.41, 5.74) is 7.47. The van der Waals surface area contributed by atoms with Crippen molar-refractivity contribution in [3.05, 3.63) is 101 Å². The first kappa shape index (κ1) is 29.2. The van der Waals surface area contributed by atoms with Gasteiger partial charge in [0, 0.05) is 26.8 Å². The molecular formula is C28H36FN3O3. The lowest BCUT2D eigenvalue weighted by Crippen LogP contribution is -2.16. The lowest BCUT2D eigenvalue weighted by atomic mass is 10.1. The molecule has 0 unspecified atom stereocenters. The van der Waals surface area contributed by atoms with Crippen molar-refractivity contribution in [2.24, 2.45) is 5.73 Å². The number of hydrogen-bond acceptors (Lipinski definition) is 5. The molecule has 4 aromatic rings. The zero-order valence-electron chi connectivity index (χ0n) is 21.6. The number of para-hydroxylation sites is 1. The number of carbonyl (C=O) groups is 1. The summed E-state index contributed by atoms with van der Waals surface area (Å²) < 4.78 is 23.7. The van der Waals surface area contributed by atoms with Gasteiger partial charge in [0.2, 0.25) is 0 Å². The molecule has 0 saturated carbocycles. The molecule has 0 aliphatic rings. The van der Waals surface area contributed by atoms with Crippen molar-refractivity contribution in [2.45, 2.75) is 20.8 Å². The summed E-state index contributed by atoms with van der Waals surface area (Å²) >= 11 is 0. The Kier molecular flexibility index (Phi) is 12.6. The van der Waals surface area contributed by atoms with Gasteiger partial charge in [0.05, 0.1) is 5.56 Å². The maximum atomic E-state index is 13.4. The van der Waals surface area contributed by atoms with Crippen molar-refractivity contribution >= 4 is 11.6 Å². The molecule has 7 heteroatoms. The van der Waals surface area contributed by atoms with Gasteiger partial charge in [-0.25, -0.2) is 4.39 Å². The molecule has 1 amide bonds. The number of hydrogen-bond donors (Lipinski definition) is 2. The maximum Gasteiger partial charge on any atom is 0.286 e. The van der Waals surface area contributed by atoms with E-state index in [1.54, 1.807) is 24.3 Å². The van der Waals surface area contributed by atoms with Crippen LogP contribution in [-0.2, 0) is 0 Å².